The lowest BCUT2D eigenvalue weighted by Gasteiger charge is -2.02. The molecular formula is C12H22INO3. The first-order chi connectivity index (χ1) is 7.78. The first-order valence-corrected chi connectivity index (χ1v) is 5.02. The van der Waals surface area contributed by atoms with Crippen molar-refractivity contribution >= 4 is 30.4 Å². The van der Waals surface area contributed by atoms with Crippen molar-refractivity contribution < 1.29 is 15.7 Å². The van der Waals surface area contributed by atoms with Crippen LogP contribution in [0.25, 0.3) is 0 Å². The van der Waals surface area contributed by atoms with Gasteiger partial charge in [0.2, 0.25) is 0 Å². The molecule has 0 aliphatic rings. The Hall–Kier alpha value is -0.820. The van der Waals surface area contributed by atoms with Gasteiger partial charge in [-0.3, -0.25) is 4.79 Å². The first-order valence-electron chi connectivity index (χ1n) is 5.02. The van der Waals surface area contributed by atoms with E-state index >= 15 is 0 Å². The predicted molar refractivity (Wildman–Crippen MR) is 81.2 cm³/mol. The predicted octanol–water partition coefficient (Wildman–Crippen LogP) is 2.11. The van der Waals surface area contributed by atoms with Gasteiger partial charge < -0.3 is 14.8 Å². The number of carbonyl (C=O) groups is 1. The number of likely N-dealkylation sites (N-methyl/N-ethyl adjacent to an activating group) is 1. The van der Waals surface area contributed by atoms with Gasteiger partial charge in [0.1, 0.15) is 5.75 Å². The fourth-order valence-electron chi connectivity index (χ4n) is 1.06. The SMILES string of the molecule is CNCCc1ccc(OC)cc1.COC=O.I.[HH]. The van der Waals surface area contributed by atoms with Gasteiger partial charge in [-0.1, -0.05) is 12.1 Å². The van der Waals surface area contributed by atoms with E-state index in [-0.39, 0.29) is 25.4 Å². The van der Waals surface area contributed by atoms with Crippen LogP contribution in [0, 0.1) is 0 Å². The molecule has 0 bridgehead atoms. The summed E-state index contributed by atoms with van der Waals surface area (Å²) in [5, 5.41) is 3.11. The molecule has 0 aromatic heterocycles. The highest BCUT2D eigenvalue weighted by atomic mass is 127. The summed E-state index contributed by atoms with van der Waals surface area (Å²) in [4.78, 5) is 8.95. The van der Waals surface area contributed by atoms with Gasteiger partial charge in [-0.05, 0) is 37.7 Å². The van der Waals surface area contributed by atoms with E-state index in [9.17, 15) is 0 Å². The Kier molecular flexibility index (Phi) is 14.4. The zero-order chi connectivity index (χ0) is 12.2. The zero-order valence-electron chi connectivity index (χ0n) is 10.4. The largest absolute Gasteiger partial charge is 0.497 e. The fourth-order valence-corrected chi connectivity index (χ4v) is 1.06. The van der Waals surface area contributed by atoms with Gasteiger partial charge in [-0.2, -0.15) is 0 Å². The summed E-state index contributed by atoms with van der Waals surface area (Å²) in [5.41, 5.74) is 1.34. The van der Waals surface area contributed by atoms with E-state index in [0.29, 0.717) is 6.47 Å². The second-order valence-corrected chi connectivity index (χ2v) is 3.03. The smallest absolute Gasteiger partial charge is 0.292 e. The quantitative estimate of drug-likeness (QED) is 0.649. The molecule has 0 radical (unpaired) electrons. The second-order valence-electron chi connectivity index (χ2n) is 3.03. The molecule has 17 heavy (non-hydrogen) atoms. The number of hydrogen-bond acceptors (Lipinski definition) is 4. The normalized spacial score (nSPS) is 8.18. The monoisotopic (exact) mass is 355 g/mol. The standard InChI is InChI=1S/C10H15NO.C2H4O2.HI.H2/c1-11-8-7-9-3-5-10(12-2)6-4-9;1-4-2-3;;/h3-6,11H,7-8H2,1-2H3;2H,1H3;2*1H. The molecule has 0 saturated heterocycles. The lowest BCUT2D eigenvalue weighted by atomic mass is 10.1. The van der Waals surface area contributed by atoms with Crippen molar-refractivity contribution in [1.82, 2.24) is 5.32 Å². The molecule has 1 rings (SSSR count). The van der Waals surface area contributed by atoms with Crippen LogP contribution in [0.1, 0.15) is 6.99 Å². The van der Waals surface area contributed by atoms with E-state index in [4.69, 9.17) is 9.53 Å². The topological polar surface area (TPSA) is 47.6 Å². The summed E-state index contributed by atoms with van der Waals surface area (Å²) >= 11 is 0. The maximum Gasteiger partial charge on any atom is 0.292 e. The number of hydrogen-bond donors (Lipinski definition) is 1. The molecule has 100 valence electrons. The Bertz CT molecular complexity index is 283. The summed E-state index contributed by atoms with van der Waals surface area (Å²) in [6.07, 6.45) is 1.07. The molecule has 1 aromatic carbocycles. The molecule has 0 spiro atoms. The number of carbonyl (C=O) groups excluding carboxylic acids is 1. The van der Waals surface area contributed by atoms with Crippen LogP contribution in [-0.4, -0.2) is 34.3 Å². The van der Waals surface area contributed by atoms with Crippen LogP contribution >= 0.6 is 24.0 Å². The molecule has 0 aliphatic heterocycles. The third-order valence-electron chi connectivity index (χ3n) is 1.92. The summed E-state index contributed by atoms with van der Waals surface area (Å²) in [5.74, 6) is 0.920. The van der Waals surface area contributed by atoms with E-state index < -0.39 is 0 Å². The minimum atomic E-state index is 0. The van der Waals surface area contributed by atoms with E-state index in [0.717, 1.165) is 18.7 Å². The first kappa shape index (κ1) is 18.5. The van der Waals surface area contributed by atoms with Gasteiger partial charge in [0.05, 0.1) is 14.2 Å². The van der Waals surface area contributed by atoms with E-state index in [2.05, 4.69) is 22.2 Å². The number of benzene rings is 1. The molecule has 0 atom stereocenters. The van der Waals surface area contributed by atoms with Gasteiger partial charge in [0, 0.05) is 1.43 Å². The van der Waals surface area contributed by atoms with Crippen LogP contribution in [0.15, 0.2) is 24.3 Å². The van der Waals surface area contributed by atoms with Crippen molar-refractivity contribution in [2.75, 3.05) is 27.8 Å². The van der Waals surface area contributed by atoms with Gasteiger partial charge in [-0.25, -0.2) is 0 Å². The Morgan fingerprint density at radius 3 is 2.18 bits per heavy atom. The molecule has 0 unspecified atom stereocenters. The molecule has 5 heteroatoms. The molecule has 0 saturated carbocycles. The van der Waals surface area contributed by atoms with Crippen molar-refractivity contribution in [2.24, 2.45) is 0 Å². The molecule has 0 amide bonds. The highest BCUT2D eigenvalue weighted by molar-refractivity contribution is 14.0. The number of halogens is 1. The average Bonchev–Trinajstić information content (AvgIpc) is 2.37. The van der Waals surface area contributed by atoms with Gasteiger partial charge >= 0.3 is 0 Å². The highest BCUT2D eigenvalue weighted by Gasteiger charge is 1.92. The summed E-state index contributed by atoms with van der Waals surface area (Å²) < 4.78 is 8.92. The van der Waals surface area contributed by atoms with Gasteiger partial charge in [0.25, 0.3) is 6.47 Å². The van der Waals surface area contributed by atoms with Crippen LogP contribution in [0.4, 0.5) is 0 Å². The van der Waals surface area contributed by atoms with Crippen LogP contribution in [0.2, 0.25) is 0 Å². The molecule has 0 aliphatic carbocycles. The lowest BCUT2D eigenvalue weighted by molar-refractivity contribution is -0.126. The Labute approximate surface area is 121 Å². The molecular weight excluding hydrogens is 333 g/mol. The van der Waals surface area contributed by atoms with Crippen molar-refractivity contribution in [3.05, 3.63) is 29.8 Å². The van der Waals surface area contributed by atoms with Gasteiger partial charge in [0.15, 0.2) is 0 Å². The minimum Gasteiger partial charge on any atom is -0.497 e. The summed E-state index contributed by atoms with van der Waals surface area (Å²) in [7, 11) is 4.96. The maximum atomic E-state index is 8.95. The Morgan fingerprint density at radius 1 is 1.29 bits per heavy atom. The zero-order valence-corrected chi connectivity index (χ0v) is 12.8. The molecule has 4 nitrogen and oxygen atoms in total. The van der Waals surface area contributed by atoms with Crippen molar-refractivity contribution in [1.29, 1.82) is 0 Å². The fraction of sp³-hybridized carbons (Fsp3) is 0.417. The summed E-state index contributed by atoms with van der Waals surface area (Å²) in [6, 6.07) is 8.17. The van der Waals surface area contributed by atoms with E-state index in [1.54, 1.807) is 7.11 Å². The van der Waals surface area contributed by atoms with Crippen molar-refractivity contribution in [3.63, 3.8) is 0 Å². The Balaban J connectivity index is -0.000000332. The molecule has 1 N–H and O–H groups in total. The molecule has 0 fully saturated rings. The van der Waals surface area contributed by atoms with Crippen LogP contribution < -0.4 is 10.1 Å². The van der Waals surface area contributed by atoms with E-state index in [1.807, 2.05) is 19.2 Å². The number of ether oxygens (including phenoxy) is 2. The second kappa shape index (κ2) is 13.2. The van der Waals surface area contributed by atoms with Crippen molar-refractivity contribution in [2.45, 2.75) is 6.42 Å². The molecule has 1 aromatic rings. The van der Waals surface area contributed by atoms with Crippen LogP contribution in [-0.2, 0) is 16.0 Å². The number of rotatable bonds is 5. The average molecular weight is 355 g/mol. The number of nitrogens with one attached hydrogen (secondary N) is 1. The third kappa shape index (κ3) is 10.1. The third-order valence-corrected chi connectivity index (χ3v) is 1.92. The van der Waals surface area contributed by atoms with Gasteiger partial charge in [-0.15, -0.1) is 24.0 Å². The highest BCUT2D eigenvalue weighted by Crippen LogP contribution is 2.11. The number of methoxy groups -OCH3 is 2. The summed E-state index contributed by atoms with van der Waals surface area (Å²) in [6.45, 7) is 1.40. The minimum absolute atomic E-state index is 0. The van der Waals surface area contributed by atoms with Crippen LogP contribution in [0.3, 0.4) is 0 Å². The van der Waals surface area contributed by atoms with Crippen LogP contribution in [0.5, 0.6) is 5.75 Å². The lowest BCUT2D eigenvalue weighted by Crippen LogP contribution is -2.10. The molecule has 0 heterocycles. The van der Waals surface area contributed by atoms with E-state index in [1.165, 1.54) is 12.7 Å². The maximum absolute atomic E-state index is 8.95. The Morgan fingerprint density at radius 2 is 1.82 bits per heavy atom. The van der Waals surface area contributed by atoms with Crippen molar-refractivity contribution in [3.8, 4) is 5.75 Å².